The molecule has 2 aromatic rings. The van der Waals surface area contributed by atoms with Gasteiger partial charge in [0.15, 0.2) is 12.9 Å². The zero-order chi connectivity index (χ0) is 17.8. The lowest BCUT2D eigenvalue weighted by Crippen LogP contribution is -2.45. The molecule has 0 bridgehead atoms. The first-order valence-corrected chi connectivity index (χ1v) is 8.99. The number of carbonyl (C=O) groups excluding carboxylic acids is 2. The van der Waals surface area contributed by atoms with Crippen molar-refractivity contribution in [3.8, 4) is 5.75 Å². The summed E-state index contributed by atoms with van der Waals surface area (Å²) in [6, 6.07) is 11.5. The van der Waals surface area contributed by atoms with Gasteiger partial charge < -0.3 is 10.1 Å². The number of nitrogens with one attached hydrogen (secondary N) is 1. The zero-order valence-corrected chi connectivity index (χ0v) is 14.8. The lowest BCUT2D eigenvalue weighted by Gasteiger charge is -2.34. The lowest BCUT2D eigenvalue weighted by atomic mass is 9.78. The monoisotopic (exact) mass is 339 g/mol. The Balaban J connectivity index is 1.66. The first kappa shape index (κ1) is 17.5. The molecule has 3 rings (SSSR count). The highest BCUT2D eigenvalue weighted by molar-refractivity contribution is 6.00. The molecule has 4 nitrogen and oxygen atoms in total. The van der Waals surface area contributed by atoms with Crippen molar-refractivity contribution in [2.75, 3.05) is 6.61 Å². The fraction of sp³-hybridized carbons (Fsp3) is 0.429. The van der Waals surface area contributed by atoms with E-state index in [2.05, 4.69) is 19.2 Å². The number of rotatable bonds is 5. The van der Waals surface area contributed by atoms with Crippen molar-refractivity contribution < 1.29 is 14.3 Å². The summed E-state index contributed by atoms with van der Waals surface area (Å²) in [4.78, 5) is 23.8. The van der Waals surface area contributed by atoms with Crippen molar-refractivity contribution >= 4 is 23.0 Å². The quantitative estimate of drug-likeness (QED) is 0.839. The molecule has 25 heavy (non-hydrogen) atoms. The fourth-order valence-corrected chi connectivity index (χ4v) is 3.70. The Kier molecular flexibility index (Phi) is 5.37. The molecule has 1 amide bonds. The fourth-order valence-electron chi connectivity index (χ4n) is 3.70. The molecule has 0 spiro atoms. The van der Waals surface area contributed by atoms with Crippen LogP contribution in [0.1, 0.15) is 43.5 Å². The Labute approximate surface area is 148 Å². The number of aldehydes is 1. The molecular weight excluding hydrogens is 314 g/mol. The van der Waals surface area contributed by atoms with Crippen LogP contribution < -0.4 is 10.1 Å². The van der Waals surface area contributed by atoms with Crippen LogP contribution in [0.15, 0.2) is 36.4 Å². The smallest absolute Gasteiger partial charge is 0.258 e. The van der Waals surface area contributed by atoms with Crippen LogP contribution in [0.4, 0.5) is 0 Å². The normalized spacial score (nSPS) is 23.2. The van der Waals surface area contributed by atoms with E-state index in [0.717, 1.165) is 29.9 Å². The molecule has 132 valence electrons. The molecule has 1 saturated carbocycles. The maximum atomic E-state index is 12.3. The van der Waals surface area contributed by atoms with E-state index in [0.29, 0.717) is 23.1 Å². The third kappa shape index (κ3) is 3.84. The van der Waals surface area contributed by atoms with Gasteiger partial charge in [-0.1, -0.05) is 57.0 Å². The minimum absolute atomic E-state index is 0.0726. The zero-order valence-electron chi connectivity index (χ0n) is 14.8. The third-order valence-electron chi connectivity index (χ3n) is 5.46. The van der Waals surface area contributed by atoms with Crippen molar-refractivity contribution in [3.05, 3.63) is 42.0 Å². The topological polar surface area (TPSA) is 55.4 Å². The number of benzene rings is 2. The van der Waals surface area contributed by atoms with E-state index in [4.69, 9.17) is 4.74 Å². The van der Waals surface area contributed by atoms with E-state index in [1.54, 1.807) is 6.07 Å². The Morgan fingerprint density at radius 3 is 2.80 bits per heavy atom. The number of carbonyl (C=O) groups is 2. The highest BCUT2D eigenvalue weighted by Crippen LogP contribution is 2.29. The second-order valence-corrected chi connectivity index (χ2v) is 7.05. The molecule has 0 radical (unpaired) electrons. The molecule has 1 fully saturated rings. The summed E-state index contributed by atoms with van der Waals surface area (Å²) in [6.45, 7) is 4.37. The van der Waals surface area contributed by atoms with Gasteiger partial charge in [0.25, 0.3) is 5.91 Å². The molecule has 0 unspecified atom stereocenters. The van der Waals surface area contributed by atoms with Crippen LogP contribution in [0.3, 0.4) is 0 Å². The average Bonchev–Trinajstić information content (AvgIpc) is 2.63. The molecule has 1 N–H and O–H groups in total. The predicted octanol–water partition coefficient (Wildman–Crippen LogP) is 3.97. The number of hydrogen-bond donors (Lipinski definition) is 1. The Hall–Kier alpha value is -2.36. The van der Waals surface area contributed by atoms with Crippen LogP contribution in [-0.4, -0.2) is 24.8 Å². The van der Waals surface area contributed by atoms with Gasteiger partial charge in [0.05, 0.1) is 5.56 Å². The van der Waals surface area contributed by atoms with Crippen molar-refractivity contribution in [3.63, 3.8) is 0 Å². The molecule has 1 aliphatic carbocycles. The van der Waals surface area contributed by atoms with Crippen LogP contribution in [0.5, 0.6) is 5.75 Å². The van der Waals surface area contributed by atoms with E-state index in [1.165, 1.54) is 6.42 Å². The van der Waals surface area contributed by atoms with Crippen LogP contribution in [0.25, 0.3) is 10.8 Å². The van der Waals surface area contributed by atoms with E-state index in [9.17, 15) is 9.59 Å². The predicted molar refractivity (Wildman–Crippen MR) is 98.9 cm³/mol. The summed E-state index contributed by atoms with van der Waals surface area (Å²) in [5, 5.41) is 4.91. The van der Waals surface area contributed by atoms with E-state index < -0.39 is 0 Å². The summed E-state index contributed by atoms with van der Waals surface area (Å²) in [5.41, 5.74) is 0.491. The molecule has 0 aromatic heterocycles. The summed E-state index contributed by atoms with van der Waals surface area (Å²) in [7, 11) is 0. The Morgan fingerprint density at radius 1 is 1.20 bits per heavy atom. The van der Waals surface area contributed by atoms with Gasteiger partial charge >= 0.3 is 0 Å². The van der Waals surface area contributed by atoms with Crippen LogP contribution in [0, 0.1) is 11.8 Å². The van der Waals surface area contributed by atoms with Crippen LogP contribution in [-0.2, 0) is 4.79 Å². The van der Waals surface area contributed by atoms with Gasteiger partial charge in [-0.15, -0.1) is 0 Å². The first-order valence-electron chi connectivity index (χ1n) is 8.99. The summed E-state index contributed by atoms with van der Waals surface area (Å²) < 4.78 is 5.66. The average molecular weight is 339 g/mol. The van der Waals surface area contributed by atoms with Crippen LogP contribution >= 0.6 is 0 Å². The molecule has 0 aliphatic heterocycles. The van der Waals surface area contributed by atoms with Gasteiger partial charge in [-0.3, -0.25) is 9.59 Å². The van der Waals surface area contributed by atoms with E-state index in [-0.39, 0.29) is 18.6 Å². The summed E-state index contributed by atoms with van der Waals surface area (Å²) in [5.74, 6) is 1.43. The van der Waals surface area contributed by atoms with Crippen LogP contribution in [0.2, 0.25) is 0 Å². The Morgan fingerprint density at radius 2 is 2.00 bits per heavy atom. The van der Waals surface area contributed by atoms with Crippen molar-refractivity contribution in [1.29, 1.82) is 0 Å². The van der Waals surface area contributed by atoms with E-state index in [1.807, 2.05) is 30.3 Å². The number of fused-ring (bicyclic) bond motifs is 1. The van der Waals surface area contributed by atoms with Gasteiger partial charge in [-0.2, -0.15) is 0 Å². The van der Waals surface area contributed by atoms with Gasteiger partial charge in [-0.25, -0.2) is 0 Å². The molecule has 3 atom stereocenters. The standard InChI is InChI=1S/C21H25NO3/c1-14-6-5-9-19(15(14)2)22-21(24)13-25-20-11-10-16-7-3-4-8-17(16)18(20)12-23/h3-4,7-8,10-12,14-15,19H,5-6,9,13H2,1-2H3,(H,22,24)/t14-,15+,19+/m0/s1. The van der Waals surface area contributed by atoms with Gasteiger partial charge in [0, 0.05) is 6.04 Å². The molecular formula is C21H25NO3. The van der Waals surface area contributed by atoms with Crippen molar-refractivity contribution in [2.45, 2.75) is 39.2 Å². The highest BCUT2D eigenvalue weighted by atomic mass is 16.5. The number of ether oxygens (including phenoxy) is 1. The van der Waals surface area contributed by atoms with E-state index >= 15 is 0 Å². The number of amides is 1. The van der Waals surface area contributed by atoms with Crippen molar-refractivity contribution in [1.82, 2.24) is 5.32 Å². The molecule has 2 aromatic carbocycles. The minimum Gasteiger partial charge on any atom is -0.483 e. The largest absolute Gasteiger partial charge is 0.483 e. The second kappa shape index (κ2) is 7.68. The molecule has 0 heterocycles. The van der Waals surface area contributed by atoms with Gasteiger partial charge in [0.2, 0.25) is 0 Å². The minimum atomic E-state index is -0.129. The van der Waals surface area contributed by atoms with Crippen molar-refractivity contribution in [2.24, 2.45) is 11.8 Å². The first-order chi connectivity index (χ1) is 12.1. The highest BCUT2D eigenvalue weighted by Gasteiger charge is 2.28. The molecule has 0 saturated heterocycles. The number of hydrogen-bond acceptors (Lipinski definition) is 3. The SMILES string of the molecule is C[C@@H]1[C@@H](C)CCC[C@H]1NC(=O)COc1ccc2ccccc2c1C=O. The summed E-state index contributed by atoms with van der Waals surface area (Å²) in [6.07, 6.45) is 4.19. The maximum absolute atomic E-state index is 12.3. The molecule has 4 heteroatoms. The van der Waals surface area contributed by atoms with Gasteiger partial charge in [0.1, 0.15) is 5.75 Å². The second-order valence-electron chi connectivity index (χ2n) is 7.05. The third-order valence-corrected chi connectivity index (χ3v) is 5.46. The Bertz CT molecular complexity index is 771. The summed E-state index contributed by atoms with van der Waals surface area (Å²) >= 11 is 0. The lowest BCUT2D eigenvalue weighted by molar-refractivity contribution is -0.124. The molecule has 1 aliphatic rings. The maximum Gasteiger partial charge on any atom is 0.258 e. The van der Waals surface area contributed by atoms with Gasteiger partial charge in [-0.05, 0) is 35.1 Å².